The molecule has 0 bridgehead atoms. The molecule has 20 heavy (non-hydrogen) atoms. The fourth-order valence-corrected chi connectivity index (χ4v) is 2.03. The standard InChI is InChI=1S/C15H19N3O2/c1-4-20-14-8-6-5-7-13(14)15(19)17(2)10-12-9-16-18(3)11-12/h5-9,11H,4,10H2,1-3H3. The highest BCUT2D eigenvalue weighted by Crippen LogP contribution is 2.20. The Morgan fingerprint density at radius 1 is 1.40 bits per heavy atom. The van der Waals surface area contributed by atoms with Crippen molar-refractivity contribution in [3.05, 3.63) is 47.8 Å². The van der Waals surface area contributed by atoms with E-state index in [2.05, 4.69) is 5.10 Å². The minimum Gasteiger partial charge on any atom is -0.493 e. The molecule has 2 rings (SSSR count). The van der Waals surface area contributed by atoms with Crippen LogP contribution in [-0.4, -0.2) is 34.2 Å². The molecular weight excluding hydrogens is 254 g/mol. The molecule has 0 aliphatic rings. The molecule has 1 aromatic carbocycles. The normalized spacial score (nSPS) is 10.3. The van der Waals surface area contributed by atoms with Gasteiger partial charge in [-0.3, -0.25) is 9.48 Å². The van der Waals surface area contributed by atoms with Gasteiger partial charge < -0.3 is 9.64 Å². The van der Waals surface area contributed by atoms with E-state index in [0.717, 1.165) is 5.56 Å². The zero-order valence-corrected chi connectivity index (χ0v) is 12.0. The molecule has 0 saturated carbocycles. The lowest BCUT2D eigenvalue weighted by atomic mass is 10.1. The van der Waals surface area contributed by atoms with Crippen LogP contribution in [0.15, 0.2) is 36.7 Å². The third-order valence-corrected chi connectivity index (χ3v) is 2.94. The van der Waals surface area contributed by atoms with Gasteiger partial charge in [0.15, 0.2) is 0 Å². The number of carbonyl (C=O) groups is 1. The Morgan fingerprint density at radius 3 is 2.80 bits per heavy atom. The highest BCUT2D eigenvalue weighted by molar-refractivity contribution is 5.96. The van der Waals surface area contributed by atoms with Crippen molar-refractivity contribution in [2.75, 3.05) is 13.7 Å². The molecule has 0 atom stereocenters. The van der Waals surface area contributed by atoms with Gasteiger partial charge >= 0.3 is 0 Å². The minimum atomic E-state index is -0.0575. The molecule has 0 spiro atoms. The Kier molecular flexibility index (Phi) is 4.40. The van der Waals surface area contributed by atoms with Crippen molar-refractivity contribution in [2.45, 2.75) is 13.5 Å². The average Bonchev–Trinajstić information content (AvgIpc) is 2.84. The van der Waals surface area contributed by atoms with Gasteiger partial charge in [-0.05, 0) is 19.1 Å². The number of rotatable bonds is 5. The summed E-state index contributed by atoms with van der Waals surface area (Å²) in [6.45, 7) is 2.96. The highest BCUT2D eigenvalue weighted by Gasteiger charge is 2.16. The summed E-state index contributed by atoms with van der Waals surface area (Å²) in [7, 11) is 3.63. The molecule has 0 fully saturated rings. The number of ether oxygens (including phenoxy) is 1. The van der Waals surface area contributed by atoms with Crippen LogP contribution >= 0.6 is 0 Å². The third kappa shape index (κ3) is 3.17. The summed E-state index contributed by atoms with van der Waals surface area (Å²) < 4.78 is 7.22. The van der Waals surface area contributed by atoms with E-state index in [-0.39, 0.29) is 5.91 Å². The molecule has 2 aromatic rings. The van der Waals surface area contributed by atoms with Crippen molar-refractivity contribution in [3.8, 4) is 5.75 Å². The van der Waals surface area contributed by atoms with E-state index in [1.807, 2.05) is 38.4 Å². The molecule has 0 aliphatic carbocycles. The molecule has 5 heteroatoms. The molecular formula is C15H19N3O2. The summed E-state index contributed by atoms with van der Waals surface area (Å²) in [4.78, 5) is 14.1. The number of carbonyl (C=O) groups excluding carboxylic acids is 1. The van der Waals surface area contributed by atoms with Gasteiger partial charge in [-0.1, -0.05) is 12.1 Å². The number of hydrogen-bond donors (Lipinski definition) is 0. The van der Waals surface area contributed by atoms with Crippen LogP contribution in [0.1, 0.15) is 22.8 Å². The lowest BCUT2D eigenvalue weighted by Gasteiger charge is -2.18. The van der Waals surface area contributed by atoms with E-state index in [0.29, 0.717) is 24.5 Å². The number of aryl methyl sites for hydroxylation is 1. The second-order valence-electron chi connectivity index (χ2n) is 4.61. The third-order valence-electron chi connectivity index (χ3n) is 2.94. The summed E-state index contributed by atoms with van der Waals surface area (Å²) in [6, 6.07) is 7.30. The number of aromatic nitrogens is 2. The Hall–Kier alpha value is -2.30. The predicted molar refractivity (Wildman–Crippen MR) is 76.6 cm³/mol. The maximum absolute atomic E-state index is 12.5. The maximum Gasteiger partial charge on any atom is 0.257 e. The van der Waals surface area contributed by atoms with Gasteiger partial charge in [-0.25, -0.2) is 0 Å². The lowest BCUT2D eigenvalue weighted by Crippen LogP contribution is -2.26. The van der Waals surface area contributed by atoms with Gasteiger partial charge in [0.2, 0.25) is 0 Å². The Bertz CT molecular complexity index is 592. The maximum atomic E-state index is 12.5. The molecule has 5 nitrogen and oxygen atoms in total. The number of benzene rings is 1. The van der Waals surface area contributed by atoms with Crippen molar-refractivity contribution in [1.29, 1.82) is 0 Å². The minimum absolute atomic E-state index is 0.0575. The van der Waals surface area contributed by atoms with E-state index < -0.39 is 0 Å². The van der Waals surface area contributed by atoms with Crippen LogP contribution in [0.25, 0.3) is 0 Å². The molecule has 1 amide bonds. The van der Waals surface area contributed by atoms with E-state index >= 15 is 0 Å². The zero-order valence-electron chi connectivity index (χ0n) is 12.0. The highest BCUT2D eigenvalue weighted by atomic mass is 16.5. The molecule has 0 unspecified atom stereocenters. The summed E-state index contributed by atoms with van der Waals surface area (Å²) >= 11 is 0. The van der Waals surface area contributed by atoms with Crippen LogP contribution in [0.3, 0.4) is 0 Å². The van der Waals surface area contributed by atoms with Crippen LogP contribution in [0.5, 0.6) is 5.75 Å². The Labute approximate surface area is 118 Å². The van der Waals surface area contributed by atoms with E-state index in [1.54, 1.807) is 28.9 Å². The number of amides is 1. The van der Waals surface area contributed by atoms with Crippen molar-refractivity contribution in [3.63, 3.8) is 0 Å². The first-order chi connectivity index (χ1) is 9.61. The van der Waals surface area contributed by atoms with Gasteiger partial charge in [0.1, 0.15) is 5.75 Å². The van der Waals surface area contributed by atoms with Gasteiger partial charge in [0.05, 0.1) is 18.4 Å². The second-order valence-corrected chi connectivity index (χ2v) is 4.61. The fourth-order valence-electron chi connectivity index (χ4n) is 2.03. The number of para-hydroxylation sites is 1. The van der Waals surface area contributed by atoms with Crippen molar-refractivity contribution in [1.82, 2.24) is 14.7 Å². The SMILES string of the molecule is CCOc1ccccc1C(=O)N(C)Cc1cnn(C)c1. The van der Waals surface area contributed by atoms with E-state index in [9.17, 15) is 4.79 Å². The average molecular weight is 273 g/mol. The molecule has 1 aromatic heterocycles. The van der Waals surface area contributed by atoms with Crippen molar-refractivity contribution < 1.29 is 9.53 Å². The zero-order chi connectivity index (χ0) is 14.5. The van der Waals surface area contributed by atoms with Crippen molar-refractivity contribution in [2.24, 2.45) is 7.05 Å². The van der Waals surface area contributed by atoms with Crippen LogP contribution in [0.4, 0.5) is 0 Å². The summed E-state index contributed by atoms with van der Waals surface area (Å²) in [5.74, 6) is 0.566. The first-order valence-corrected chi connectivity index (χ1v) is 6.56. The number of hydrogen-bond acceptors (Lipinski definition) is 3. The predicted octanol–water partition coefficient (Wildman–Crippen LogP) is 2.09. The summed E-state index contributed by atoms with van der Waals surface area (Å²) in [6.07, 6.45) is 3.66. The van der Waals surface area contributed by atoms with E-state index in [4.69, 9.17) is 4.74 Å². The Balaban J connectivity index is 2.14. The monoisotopic (exact) mass is 273 g/mol. The molecule has 0 radical (unpaired) electrons. The Morgan fingerprint density at radius 2 is 2.15 bits per heavy atom. The van der Waals surface area contributed by atoms with Crippen LogP contribution in [0, 0.1) is 0 Å². The molecule has 0 N–H and O–H groups in total. The van der Waals surface area contributed by atoms with Gasteiger partial charge in [-0.15, -0.1) is 0 Å². The molecule has 1 heterocycles. The summed E-state index contributed by atoms with van der Waals surface area (Å²) in [5, 5.41) is 4.10. The molecule has 106 valence electrons. The smallest absolute Gasteiger partial charge is 0.257 e. The van der Waals surface area contributed by atoms with Crippen LogP contribution in [-0.2, 0) is 13.6 Å². The van der Waals surface area contributed by atoms with Gasteiger partial charge in [-0.2, -0.15) is 5.10 Å². The second kappa shape index (κ2) is 6.23. The first-order valence-electron chi connectivity index (χ1n) is 6.56. The fraction of sp³-hybridized carbons (Fsp3) is 0.333. The largest absolute Gasteiger partial charge is 0.493 e. The molecule has 0 saturated heterocycles. The lowest BCUT2D eigenvalue weighted by molar-refractivity contribution is 0.0781. The van der Waals surface area contributed by atoms with E-state index in [1.165, 1.54) is 0 Å². The number of nitrogens with zero attached hydrogens (tertiary/aromatic N) is 3. The van der Waals surface area contributed by atoms with Gasteiger partial charge in [0, 0.05) is 32.4 Å². The van der Waals surface area contributed by atoms with Crippen LogP contribution < -0.4 is 4.74 Å². The first kappa shape index (κ1) is 14.1. The van der Waals surface area contributed by atoms with Gasteiger partial charge in [0.25, 0.3) is 5.91 Å². The summed E-state index contributed by atoms with van der Waals surface area (Å²) in [5.41, 5.74) is 1.58. The van der Waals surface area contributed by atoms with Crippen LogP contribution in [0.2, 0.25) is 0 Å². The van der Waals surface area contributed by atoms with Crippen molar-refractivity contribution >= 4 is 5.91 Å². The molecule has 0 aliphatic heterocycles. The topological polar surface area (TPSA) is 47.4 Å². The quantitative estimate of drug-likeness (QED) is 0.838.